The van der Waals surface area contributed by atoms with Gasteiger partial charge in [-0.05, 0) is 101 Å². The van der Waals surface area contributed by atoms with Gasteiger partial charge in [0.2, 0.25) is 17.7 Å². The number of anilines is 2. The Hall–Kier alpha value is -7.21. The fraction of sp³-hybridized carbons (Fsp3) is 0.431. The maximum absolute atomic E-state index is 13.7. The number of aromatic amines is 1. The number of piperazine rings is 1. The topological polar surface area (TPSA) is 224 Å². The summed E-state index contributed by atoms with van der Waals surface area (Å²) < 4.78 is 1.90. The predicted molar refractivity (Wildman–Crippen MR) is 262 cm³/mol. The molecule has 18 nitrogen and oxygen atoms in total. The molecular weight excluding hydrogens is 879 g/mol. The standard InChI is InChI=1S/C51H61N11O7/c1-31(2)62-42-27-35(26-37(39(42)30-56-62)47(65)55-29-38-32(3)25-33(4)57-48(38)66)34-13-15-43(54-28-34)60-23-21-59(22-24-60)20-17-44(63)53-19-9-7-5-6-8-18-52-40-12-10-11-36-46(40)51(69)61(50(36)68)41-14-16-45(64)58-49(41)67/h10-13,15,25-28,30-31,41,52H,5-9,14,16-24,29H2,1-4H3,(H,53,63)(H,55,65)(H,57,66)(H,58,64,67). The Morgan fingerprint density at radius 3 is 2.33 bits per heavy atom. The van der Waals surface area contributed by atoms with Crippen LogP contribution in [0.4, 0.5) is 11.5 Å². The number of carbonyl (C=O) groups excluding carboxylic acids is 6. The molecule has 3 aliphatic rings. The first-order valence-corrected chi connectivity index (χ1v) is 24.0. The number of imide groups is 2. The molecule has 5 N–H and O–H groups in total. The van der Waals surface area contributed by atoms with Crippen molar-refractivity contribution in [1.29, 1.82) is 0 Å². The third-order valence-corrected chi connectivity index (χ3v) is 13.3. The van der Waals surface area contributed by atoms with Crippen molar-refractivity contribution >= 4 is 57.9 Å². The fourth-order valence-electron chi connectivity index (χ4n) is 9.46. The van der Waals surface area contributed by atoms with Crippen LogP contribution in [0.1, 0.15) is 119 Å². The van der Waals surface area contributed by atoms with Crippen molar-refractivity contribution in [3.8, 4) is 11.1 Å². The molecule has 2 aromatic carbocycles. The van der Waals surface area contributed by atoms with Crippen LogP contribution in [-0.2, 0) is 20.9 Å². The van der Waals surface area contributed by atoms with Gasteiger partial charge in [0.1, 0.15) is 11.9 Å². The van der Waals surface area contributed by atoms with Gasteiger partial charge in [0, 0.05) is 105 Å². The second-order valence-corrected chi connectivity index (χ2v) is 18.5. The van der Waals surface area contributed by atoms with E-state index in [1.54, 1.807) is 24.4 Å². The highest BCUT2D eigenvalue weighted by Gasteiger charge is 2.45. The number of H-pyrrole nitrogens is 1. The average molecular weight is 940 g/mol. The molecule has 1 unspecified atom stereocenters. The first-order chi connectivity index (χ1) is 33.3. The van der Waals surface area contributed by atoms with Crippen LogP contribution in [0, 0.1) is 13.8 Å². The van der Waals surface area contributed by atoms with Crippen LogP contribution in [0.5, 0.6) is 0 Å². The first kappa shape index (κ1) is 48.3. The maximum atomic E-state index is 13.7. The lowest BCUT2D eigenvalue weighted by Crippen LogP contribution is -2.54. The monoisotopic (exact) mass is 939 g/mol. The van der Waals surface area contributed by atoms with Crippen molar-refractivity contribution < 1.29 is 28.8 Å². The molecule has 2 fully saturated rings. The van der Waals surface area contributed by atoms with Crippen molar-refractivity contribution in [3.05, 3.63) is 105 Å². The van der Waals surface area contributed by atoms with Gasteiger partial charge < -0.3 is 25.8 Å². The number of pyridine rings is 2. The Labute approximate surface area is 400 Å². The number of aryl methyl sites for hydroxylation is 2. The summed E-state index contributed by atoms with van der Waals surface area (Å²) in [7, 11) is 0. The van der Waals surface area contributed by atoms with Gasteiger partial charge in [-0.1, -0.05) is 25.3 Å². The fourth-order valence-corrected chi connectivity index (χ4v) is 9.46. The Kier molecular flexibility index (Phi) is 15.0. The molecule has 0 spiro atoms. The second kappa shape index (κ2) is 21.4. The first-order valence-electron chi connectivity index (χ1n) is 24.0. The highest BCUT2D eigenvalue weighted by Crippen LogP contribution is 2.33. The summed E-state index contributed by atoms with van der Waals surface area (Å²) in [6.07, 6.45) is 8.85. The van der Waals surface area contributed by atoms with Gasteiger partial charge in [0.15, 0.2) is 0 Å². The van der Waals surface area contributed by atoms with E-state index >= 15 is 0 Å². The molecule has 6 amide bonds. The highest BCUT2D eigenvalue weighted by molar-refractivity contribution is 6.25. The number of amides is 6. The van der Waals surface area contributed by atoms with Crippen LogP contribution in [0.2, 0.25) is 0 Å². The molecular formula is C51H61N11O7. The number of piperidine rings is 1. The summed E-state index contributed by atoms with van der Waals surface area (Å²) in [5, 5.41) is 16.9. The third kappa shape index (κ3) is 10.9. The Balaban J connectivity index is 0.732. The molecule has 69 heavy (non-hydrogen) atoms. The largest absolute Gasteiger partial charge is 0.384 e. The zero-order valence-electron chi connectivity index (χ0n) is 39.8. The number of aromatic nitrogens is 4. The van der Waals surface area contributed by atoms with Crippen molar-refractivity contribution in [2.75, 3.05) is 56.0 Å². The Bertz CT molecular complexity index is 2830. The number of rotatable bonds is 19. The molecule has 0 bridgehead atoms. The number of carbonyl (C=O) groups is 6. The van der Waals surface area contributed by atoms with E-state index in [2.05, 4.69) is 41.1 Å². The van der Waals surface area contributed by atoms with Gasteiger partial charge in [0.25, 0.3) is 23.3 Å². The third-order valence-electron chi connectivity index (χ3n) is 13.3. The number of benzene rings is 2. The van der Waals surface area contributed by atoms with E-state index in [0.29, 0.717) is 42.9 Å². The lowest BCUT2D eigenvalue weighted by molar-refractivity contribution is -0.136. The summed E-state index contributed by atoms with van der Waals surface area (Å²) in [6.45, 7) is 13.0. The number of hydrogen-bond acceptors (Lipinski definition) is 12. The number of nitrogens with zero attached hydrogens (tertiary/aromatic N) is 6. The summed E-state index contributed by atoms with van der Waals surface area (Å²) in [5.41, 5.74) is 5.98. The number of hydrogen-bond donors (Lipinski definition) is 5. The van der Waals surface area contributed by atoms with Crippen molar-refractivity contribution in [3.63, 3.8) is 0 Å². The summed E-state index contributed by atoms with van der Waals surface area (Å²) in [6, 6.07) is 14.0. The van der Waals surface area contributed by atoms with Crippen molar-refractivity contribution in [2.45, 2.75) is 97.7 Å². The summed E-state index contributed by atoms with van der Waals surface area (Å²) in [5.74, 6) is -1.46. The lowest BCUT2D eigenvalue weighted by atomic mass is 10.0. The van der Waals surface area contributed by atoms with Crippen LogP contribution in [0.25, 0.3) is 22.0 Å². The Morgan fingerprint density at radius 1 is 0.841 bits per heavy atom. The zero-order chi connectivity index (χ0) is 48.8. The molecule has 0 radical (unpaired) electrons. The Morgan fingerprint density at radius 2 is 1.61 bits per heavy atom. The normalized spacial score (nSPS) is 16.3. The minimum atomic E-state index is -1.000. The average Bonchev–Trinajstić information content (AvgIpc) is 3.88. The smallest absolute Gasteiger partial charge is 0.264 e. The predicted octanol–water partition coefficient (Wildman–Crippen LogP) is 5.01. The van der Waals surface area contributed by atoms with Crippen molar-refractivity contribution in [2.24, 2.45) is 0 Å². The molecule has 362 valence electrons. The molecule has 2 saturated heterocycles. The van der Waals surface area contributed by atoms with E-state index < -0.39 is 29.7 Å². The summed E-state index contributed by atoms with van der Waals surface area (Å²) in [4.78, 5) is 103. The molecule has 0 aliphatic carbocycles. The summed E-state index contributed by atoms with van der Waals surface area (Å²) >= 11 is 0. The van der Waals surface area contributed by atoms with Gasteiger partial charge in [-0.3, -0.25) is 53.4 Å². The van der Waals surface area contributed by atoms with Gasteiger partial charge >= 0.3 is 0 Å². The van der Waals surface area contributed by atoms with Gasteiger partial charge in [-0.15, -0.1) is 0 Å². The van der Waals surface area contributed by atoms with E-state index in [1.807, 2.05) is 68.9 Å². The van der Waals surface area contributed by atoms with Crippen LogP contribution < -0.4 is 31.7 Å². The van der Waals surface area contributed by atoms with Crippen LogP contribution in [-0.4, -0.2) is 117 Å². The van der Waals surface area contributed by atoms with Crippen molar-refractivity contribution in [1.82, 2.24) is 45.5 Å². The lowest BCUT2D eigenvalue weighted by Gasteiger charge is -2.35. The minimum Gasteiger partial charge on any atom is -0.384 e. The highest BCUT2D eigenvalue weighted by atomic mass is 16.2. The quantitative estimate of drug-likeness (QED) is 0.0545. The molecule has 18 heteroatoms. The van der Waals surface area contributed by atoms with E-state index in [0.717, 1.165) is 102 Å². The molecule has 6 heterocycles. The molecule has 3 aliphatic heterocycles. The molecule has 1 atom stereocenters. The van der Waals surface area contributed by atoms with Gasteiger partial charge in [-0.2, -0.15) is 5.10 Å². The van der Waals surface area contributed by atoms with Gasteiger partial charge in [-0.25, -0.2) is 4.98 Å². The SMILES string of the molecule is Cc1cc(C)c(CNC(=O)c2cc(-c3ccc(N4CCN(CCC(=O)NCCCCCCCNc5cccc6c5C(=O)N(C5CCC(=O)NC5=O)C6=O)CC4)nc3)cc3c2cnn3C(C)C)c(=O)[nH]1. The van der Waals surface area contributed by atoms with Crippen LogP contribution in [0.3, 0.4) is 0 Å². The van der Waals surface area contributed by atoms with E-state index in [-0.39, 0.29) is 53.9 Å². The van der Waals surface area contributed by atoms with E-state index in [4.69, 9.17) is 4.98 Å². The maximum Gasteiger partial charge on any atom is 0.264 e. The van der Waals surface area contributed by atoms with Crippen LogP contribution >= 0.6 is 0 Å². The second-order valence-electron chi connectivity index (χ2n) is 18.5. The molecule has 0 saturated carbocycles. The number of fused-ring (bicyclic) bond motifs is 2. The number of nitrogens with one attached hydrogen (secondary N) is 5. The molecule has 5 aromatic rings. The van der Waals surface area contributed by atoms with Gasteiger partial charge in [0.05, 0.1) is 28.4 Å². The van der Waals surface area contributed by atoms with E-state index in [1.165, 1.54) is 0 Å². The number of unbranched alkanes of at least 4 members (excludes halogenated alkanes) is 4. The molecule has 8 rings (SSSR count). The zero-order valence-corrected chi connectivity index (χ0v) is 39.8. The minimum absolute atomic E-state index is 0.0466. The van der Waals surface area contributed by atoms with E-state index in [9.17, 15) is 33.6 Å². The van der Waals surface area contributed by atoms with Crippen LogP contribution in [0.15, 0.2) is 65.7 Å². The molecule has 3 aromatic heterocycles.